The fraction of sp³-hybridized carbons (Fsp3) is 0.455. The molecule has 0 fully saturated rings. The summed E-state index contributed by atoms with van der Waals surface area (Å²) in [5.74, 6) is 0. The number of fused-ring (bicyclic) bond motifs is 1. The van der Waals surface area contributed by atoms with E-state index in [1.54, 1.807) is 6.07 Å². The van der Waals surface area contributed by atoms with Gasteiger partial charge in [-0.3, -0.25) is 0 Å². The lowest BCUT2D eigenvalue weighted by Crippen LogP contribution is -2.29. The van der Waals surface area contributed by atoms with E-state index < -0.39 is 7.12 Å². The normalized spacial score (nSPS) is 18.6. The first-order valence-electron chi connectivity index (χ1n) is 5.67. The Bertz CT molecular complexity index is 442. The SMILES string of the molecule is CCCCC1OB(O)c2c1cc(Cl)c(N)c2Cl. The van der Waals surface area contributed by atoms with Crippen LogP contribution in [0, 0.1) is 0 Å². The predicted octanol–water partition coefficient (Wildman–Crippen LogP) is 2.52. The third-order valence-electron chi connectivity index (χ3n) is 3.03. The Labute approximate surface area is 111 Å². The summed E-state index contributed by atoms with van der Waals surface area (Å²) in [7, 11) is -1.00. The van der Waals surface area contributed by atoms with Gasteiger partial charge in [-0.05, 0) is 18.1 Å². The highest BCUT2D eigenvalue weighted by Gasteiger charge is 2.38. The highest BCUT2D eigenvalue weighted by molar-refractivity contribution is 6.66. The number of hydrogen-bond donors (Lipinski definition) is 2. The van der Waals surface area contributed by atoms with Crippen LogP contribution in [0.25, 0.3) is 0 Å². The topological polar surface area (TPSA) is 55.5 Å². The molecule has 3 N–H and O–H groups in total. The van der Waals surface area contributed by atoms with E-state index in [2.05, 4.69) is 6.92 Å². The van der Waals surface area contributed by atoms with Crippen LogP contribution in [0.4, 0.5) is 5.69 Å². The van der Waals surface area contributed by atoms with Gasteiger partial charge in [-0.15, -0.1) is 0 Å². The molecule has 3 nitrogen and oxygen atoms in total. The van der Waals surface area contributed by atoms with Crippen LogP contribution in [0.5, 0.6) is 0 Å². The van der Waals surface area contributed by atoms with Gasteiger partial charge in [0.25, 0.3) is 0 Å². The number of unbranched alkanes of at least 4 members (excludes halogenated alkanes) is 1. The Morgan fingerprint density at radius 2 is 2.24 bits per heavy atom. The quantitative estimate of drug-likeness (QED) is 0.657. The number of anilines is 1. The van der Waals surface area contributed by atoms with Crippen LogP contribution in [0.3, 0.4) is 0 Å². The largest absolute Gasteiger partial charge is 0.493 e. The second kappa shape index (κ2) is 5.06. The molecule has 0 saturated heterocycles. The minimum atomic E-state index is -1.00. The van der Waals surface area contributed by atoms with E-state index in [4.69, 9.17) is 33.6 Å². The molecular formula is C11H14BCl2NO2. The molecule has 2 rings (SSSR count). The van der Waals surface area contributed by atoms with E-state index in [-0.39, 0.29) is 6.10 Å². The molecule has 0 aromatic heterocycles. The fourth-order valence-electron chi connectivity index (χ4n) is 2.10. The molecule has 1 aromatic rings. The van der Waals surface area contributed by atoms with Crippen LogP contribution in [0.15, 0.2) is 6.07 Å². The second-order valence-electron chi connectivity index (χ2n) is 4.21. The maximum atomic E-state index is 9.84. The maximum absolute atomic E-state index is 9.84. The highest BCUT2D eigenvalue weighted by atomic mass is 35.5. The van der Waals surface area contributed by atoms with Gasteiger partial charge in [-0.2, -0.15) is 0 Å². The average Bonchev–Trinajstić information content (AvgIpc) is 2.60. The standard InChI is InChI=1S/C11H14BCl2NO2/c1-2-3-4-8-6-5-7(13)11(15)10(14)9(6)12(16)17-8/h5,8,16H,2-4,15H2,1H3. The average molecular weight is 274 g/mol. The van der Waals surface area contributed by atoms with Gasteiger partial charge in [0.15, 0.2) is 0 Å². The van der Waals surface area contributed by atoms with Gasteiger partial charge in [-0.25, -0.2) is 0 Å². The number of hydrogen-bond acceptors (Lipinski definition) is 3. The first-order chi connectivity index (χ1) is 8.06. The summed E-state index contributed by atoms with van der Waals surface area (Å²) in [4.78, 5) is 0. The van der Waals surface area contributed by atoms with Crippen molar-refractivity contribution in [3.63, 3.8) is 0 Å². The third-order valence-corrected chi connectivity index (χ3v) is 3.75. The van der Waals surface area contributed by atoms with E-state index in [1.807, 2.05) is 0 Å². The van der Waals surface area contributed by atoms with E-state index in [0.717, 1.165) is 24.8 Å². The van der Waals surface area contributed by atoms with Gasteiger partial charge in [0.2, 0.25) is 0 Å². The molecule has 17 heavy (non-hydrogen) atoms. The van der Waals surface area contributed by atoms with Crippen LogP contribution < -0.4 is 11.2 Å². The monoisotopic (exact) mass is 273 g/mol. The van der Waals surface area contributed by atoms with E-state index in [0.29, 0.717) is 21.2 Å². The van der Waals surface area contributed by atoms with Gasteiger partial charge in [-0.1, -0.05) is 43.0 Å². The highest BCUT2D eigenvalue weighted by Crippen LogP contribution is 2.36. The van der Waals surface area contributed by atoms with E-state index in [9.17, 15) is 5.02 Å². The molecule has 1 atom stereocenters. The molecule has 1 aliphatic heterocycles. The lowest BCUT2D eigenvalue weighted by molar-refractivity contribution is 0.178. The summed E-state index contributed by atoms with van der Waals surface area (Å²) in [6.45, 7) is 2.11. The first kappa shape index (κ1) is 13.0. The molecule has 0 saturated carbocycles. The maximum Gasteiger partial charge on any atom is 0.493 e. The van der Waals surface area contributed by atoms with Crippen molar-refractivity contribution in [2.75, 3.05) is 5.73 Å². The van der Waals surface area contributed by atoms with Crippen LogP contribution in [-0.2, 0) is 4.65 Å². The summed E-state index contributed by atoms with van der Waals surface area (Å²) in [5.41, 5.74) is 7.45. The lowest BCUT2D eigenvalue weighted by atomic mass is 9.78. The minimum Gasteiger partial charge on any atom is -0.423 e. The molecule has 1 aromatic carbocycles. The Morgan fingerprint density at radius 3 is 2.88 bits per heavy atom. The predicted molar refractivity (Wildman–Crippen MR) is 71.8 cm³/mol. The van der Waals surface area contributed by atoms with Gasteiger partial charge >= 0.3 is 7.12 Å². The minimum absolute atomic E-state index is 0.143. The number of benzene rings is 1. The number of nitrogens with two attached hydrogens (primary N) is 1. The summed E-state index contributed by atoms with van der Waals surface area (Å²) in [5, 5.41) is 10.6. The van der Waals surface area contributed by atoms with Crippen molar-refractivity contribution in [1.82, 2.24) is 0 Å². The molecule has 1 aliphatic rings. The summed E-state index contributed by atoms with van der Waals surface area (Å²) in [6.07, 6.45) is 2.80. The van der Waals surface area contributed by atoms with Crippen LogP contribution >= 0.6 is 23.2 Å². The van der Waals surface area contributed by atoms with Crippen molar-refractivity contribution >= 4 is 41.5 Å². The van der Waals surface area contributed by atoms with Crippen LogP contribution in [0.1, 0.15) is 37.9 Å². The zero-order valence-corrected chi connectivity index (χ0v) is 11.1. The molecule has 1 heterocycles. The summed E-state index contributed by atoms with van der Waals surface area (Å²) in [6, 6.07) is 1.74. The third kappa shape index (κ3) is 2.27. The van der Waals surface area contributed by atoms with Crippen molar-refractivity contribution in [2.24, 2.45) is 0 Å². The van der Waals surface area contributed by atoms with Gasteiger partial charge in [0.05, 0.1) is 21.8 Å². The Morgan fingerprint density at radius 1 is 1.53 bits per heavy atom. The number of rotatable bonds is 3. The van der Waals surface area contributed by atoms with Crippen molar-refractivity contribution < 1.29 is 9.68 Å². The van der Waals surface area contributed by atoms with Crippen molar-refractivity contribution in [1.29, 1.82) is 0 Å². The Hall–Kier alpha value is -0.415. The number of halogens is 2. The summed E-state index contributed by atoms with van der Waals surface area (Å²) < 4.78 is 5.48. The first-order valence-corrected chi connectivity index (χ1v) is 6.42. The fourth-order valence-corrected chi connectivity index (χ4v) is 2.66. The van der Waals surface area contributed by atoms with Crippen molar-refractivity contribution in [2.45, 2.75) is 32.3 Å². The second-order valence-corrected chi connectivity index (χ2v) is 4.99. The smallest absolute Gasteiger partial charge is 0.423 e. The van der Waals surface area contributed by atoms with Gasteiger partial charge < -0.3 is 15.4 Å². The number of nitrogen functional groups attached to an aromatic ring is 1. The zero-order valence-electron chi connectivity index (χ0n) is 9.54. The Kier molecular flexibility index (Phi) is 3.88. The zero-order chi connectivity index (χ0) is 12.6. The lowest BCUT2D eigenvalue weighted by Gasteiger charge is -2.12. The Balaban J connectivity index is 2.41. The van der Waals surface area contributed by atoms with E-state index in [1.165, 1.54) is 0 Å². The van der Waals surface area contributed by atoms with Crippen molar-refractivity contribution in [3.05, 3.63) is 21.7 Å². The van der Waals surface area contributed by atoms with Gasteiger partial charge in [0.1, 0.15) is 0 Å². The van der Waals surface area contributed by atoms with Crippen LogP contribution in [0.2, 0.25) is 10.0 Å². The molecule has 1 unspecified atom stereocenters. The molecule has 0 aliphatic carbocycles. The summed E-state index contributed by atoms with van der Waals surface area (Å²) >= 11 is 12.1. The van der Waals surface area contributed by atoms with Crippen molar-refractivity contribution in [3.8, 4) is 0 Å². The van der Waals surface area contributed by atoms with E-state index >= 15 is 0 Å². The molecule has 0 amide bonds. The molecule has 0 radical (unpaired) electrons. The molecule has 6 heteroatoms. The molecule has 92 valence electrons. The van der Waals surface area contributed by atoms with Crippen LogP contribution in [-0.4, -0.2) is 12.1 Å². The molecule has 0 bridgehead atoms. The molecular weight excluding hydrogens is 260 g/mol. The van der Waals surface area contributed by atoms with Gasteiger partial charge in [0, 0.05) is 5.46 Å². The molecule has 0 spiro atoms.